The van der Waals surface area contributed by atoms with E-state index >= 15 is 0 Å². The minimum Gasteiger partial charge on any atom is -0.345 e. The molecular weight excluding hydrogens is 292 g/mol. The van der Waals surface area contributed by atoms with Gasteiger partial charge in [-0.3, -0.25) is 9.78 Å². The molecule has 5 heteroatoms. The van der Waals surface area contributed by atoms with Crippen LogP contribution in [0, 0.1) is 0 Å². The van der Waals surface area contributed by atoms with E-state index in [1.54, 1.807) is 30.2 Å². The molecule has 104 valence electrons. The second kappa shape index (κ2) is 6.77. The van der Waals surface area contributed by atoms with E-state index in [0.717, 1.165) is 10.5 Å². The van der Waals surface area contributed by atoms with E-state index in [-0.39, 0.29) is 11.9 Å². The molecule has 1 amide bonds. The van der Waals surface area contributed by atoms with Gasteiger partial charge in [-0.25, -0.2) is 0 Å². The zero-order valence-electron chi connectivity index (χ0n) is 11.3. The number of rotatable bonds is 4. The second-order valence-corrected chi connectivity index (χ2v) is 5.61. The Morgan fingerprint density at radius 3 is 2.65 bits per heavy atom. The zero-order valence-corrected chi connectivity index (χ0v) is 12.8. The van der Waals surface area contributed by atoms with Gasteiger partial charge in [0.1, 0.15) is 0 Å². The number of hydrogen-bond acceptors (Lipinski definition) is 3. The summed E-state index contributed by atoms with van der Waals surface area (Å²) >= 11 is 7.67. The summed E-state index contributed by atoms with van der Waals surface area (Å²) in [6.45, 7) is 1.93. The second-order valence-electron chi connectivity index (χ2n) is 4.32. The van der Waals surface area contributed by atoms with E-state index in [1.807, 2.05) is 37.4 Å². The van der Waals surface area contributed by atoms with E-state index < -0.39 is 0 Å². The summed E-state index contributed by atoms with van der Waals surface area (Å²) in [5.41, 5.74) is 1.50. The normalized spacial score (nSPS) is 11.9. The van der Waals surface area contributed by atoms with Gasteiger partial charge in [-0.1, -0.05) is 11.6 Å². The molecule has 1 aromatic carbocycles. The predicted octanol–water partition coefficient (Wildman–Crippen LogP) is 3.95. The fraction of sp³-hybridized carbons (Fsp3) is 0.200. The molecule has 0 radical (unpaired) electrons. The number of hydrogen-bond donors (Lipinski definition) is 1. The predicted molar refractivity (Wildman–Crippen MR) is 83.4 cm³/mol. The third kappa shape index (κ3) is 3.52. The van der Waals surface area contributed by atoms with Gasteiger partial charge >= 0.3 is 0 Å². The fourth-order valence-corrected chi connectivity index (χ4v) is 2.46. The van der Waals surface area contributed by atoms with Crippen LogP contribution in [0.1, 0.15) is 28.9 Å². The molecule has 1 atom stereocenters. The Bertz CT molecular complexity index is 604. The van der Waals surface area contributed by atoms with Crippen molar-refractivity contribution in [3.05, 3.63) is 58.9 Å². The first kappa shape index (κ1) is 14.9. The maximum absolute atomic E-state index is 12.3. The van der Waals surface area contributed by atoms with Crippen molar-refractivity contribution in [3.8, 4) is 0 Å². The van der Waals surface area contributed by atoms with Gasteiger partial charge in [0.05, 0.1) is 16.6 Å². The number of aromatic nitrogens is 1. The van der Waals surface area contributed by atoms with Crippen molar-refractivity contribution in [2.24, 2.45) is 0 Å². The Morgan fingerprint density at radius 1 is 1.30 bits per heavy atom. The molecule has 0 saturated carbocycles. The number of halogens is 1. The van der Waals surface area contributed by atoms with Crippen LogP contribution in [-0.2, 0) is 0 Å². The summed E-state index contributed by atoms with van der Waals surface area (Å²) in [5.74, 6) is -0.171. The highest BCUT2D eigenvalue weighted by molar-refractivity contribution is 7.98. The van der Waals surface area contributed by atoms with Crippen molar-refractivity contribution < 1.29 is 4.79 Å². The Kier molecular flexibility index (Phi) is 5.04. The first-order chi connectivity index (χ1) is 9.61. The smallest absolute Gasteiger partial charge is 0.253 e. The Balaban J connectivity index is 2.16. The number of carbonyl (C=O) groups excluding carboxylic acids is 1. The average Bonchev–Trinajstić information content (AvgIpc) is 2.48. The van der Waals surface area contributed by atoms with Crippen LogP contribution in [0.4, 0.5) is 0 Å². The van der Waals surface area contributed by atoms with Gasteiger partial charge < -0.3 is 5.32 Å². The Morgan fingerprint density at radius 2 is 2.00 bits per heavy atom. The molecule has 1 aromatic heterocycles. The lowest BCUT2D eigenvalue weighted by Crippen LogP contribution is -2.26. The summed E-state index contributed by atoms with van der Waals surface area (Å²) in [6, 6.07) is 9.12. The van der Waals surface area contributed by atoms with Crippen molar-refractivity contribution >= 4 is 29.3 Å². The highest BCUT2D eigenvalue weighted by Crippen LogP contribution is 2.23. The molecule has 0 bridgehead atoms. The number of benzene rings is 1. The molecule has 1 heterocycles. The molecule has 0 spiro atoms. The number of nitrogens with one attached hydrogen (secondary N) is 1. The van der Waals surface area contributed by atoms with Crippen LogP contribution < -0.4 is 5.32 Å². The van der Waals surface area contributed by atoms with Crippen LogP contribution >= 0.6 is 23.4 Å². The molecule has 0 aliphatic rings. The summed E-state index contributed by atoms with van der Waals surface area (Å²) in [4.78, 5) is 17.3. The molecule has 1 N–H and O–H groups in total. The third-order valence-electron chi connectivity index (χ3n) is 2.97. The van der Waals surface area contributed by atoms with E-state index in [2.05, 4.69) is 10.3 Å². The minimum atomic E-state index is -0.171. The molecule has 0 unspecified atom stereocenters. The molecular formula is C15H15ClN2OS. The van der Waals surface area contributed by atoms with Crippen LogP contribution in [0.3, 0.4) is 0 Å². The Hall–Kier alpha value is -1.52. The standard InChI is InChI=1S/C15H15ClN2OS/c1-10(11-5-7-17-8-6-11)18-15(19)13-9-12(20-2)3-4-14(13)16/h3-10H,1-2H3,(H,18,19)/t10-/m1/s1. The summed E-state index contributed by atoms with van der Waals surface area (Å²) in [6.07, 6.45) is 5.38. The average molecular weight is 307 g/mol. The van der Waals surface area contributed by atoms with Gasteiger partial charge in [-0.15, -0.1) is 11.8 Å². The fourth-order valence-electron chi connectivity index (χ4n) is 1.82. The van der Waals surface area contributed by atoms with Crippen LogP contribution in [-0.4, -0.2) is 17.1 Å². The number of thioether (sulfide) groups is 1. The highest BCUT2D eigenvalue weighted by Gasteiger charge is 2.14. The molecule has 0 aliphatic heterocycles. The monoisotopic (exact) mass is 306 g/mol. The van der Waals surface area contributed by atoms with Gasteiger partial charge in [0, 0.05) is 17.3 Å². The molecule has 0 aliphatic carbocycles. The molecule has 20 heavy (non-hydrogen) atoms. The molecule has 2 rings (SSSR count). The molecule has 0 saturated heterocycles. The van der Waals surface area contributed by atoms with Gasteiger partial charge in [-0.2, -0.15) is 0 Å². The first-order valence-corrected chi connectivity index (χ1v) is 7.76. The number of pyridine rings is 1. The molecule has 0 fully saturated rings. The maximum atomic E-state index is 12.3. The summed E-state index contributed by atoms with van der Waals surface area (Å²) in [7, 11) is 0. The van der Waals surface area contributed by atoms with E-state index in [9.17, 15) is 4.79 Å². The lowest BCUT2D eigenvalue weighted by atomic mass is 10.1. The molecule has 2 aromatic rings. The number of amides is 1. The van der Waals surface area contributed by atoms with Crippen LogP contribution in [0.15, 0.2) is 47.6 Å². The Labute approximate surface area is 127 Å². The van der Waals surface area contributed by atoms with Crippen molar-refractivity contribution in [1.82, 2.24) is 10.3 Å². The van der Waals surface area contributed by atoms with Crippen molar-refractivity contribution in [1.29, 1.82) is 0 Å². The highest BCUT2D eigenvalue weighted by atomic mass is 35.5. The van der Waals surface area contributed by atoms with Gasteiger partial charge in [0.15, 0.2) is 0 Å². The summed E-state index contributed by atoms with van der Waals surface area (Å²) in [5, 5.41) is 3.40. The minimum absolute atomic E-state index is 0.0977. The zero-order chi connectivity index (χ0) is 14.5. The SMILES string of the molecule is CSc1ccc(Cl)c(C(=O)N[C@H](C)c2ccncc2)c1. The van der Waals surface area contributed by atoms with Gasteiger partial charge in [0.2, 0.25) is 0 Å². The van der Waals surface area contributed by atoms with E-state index in [0.29, 0.717) is 10.6 Å². The van der Waals surface area contributed by atoms with Crippen molar-refractivity contribution in [2.75, 3.05) is 6.26 Å². The van der Waals surface area contributed by atoms with Crippen LogP contribution in [0.2, 0.25) is 5.02 Å². The van der Waals surface area contributed by atoms with E-state index in [4.69, 9.17) is 11.6 Å². The van der Waals surface area contributed by atoms with Crippen molar-refractivity contribution in [3.63, 3.8) is 0 Å². The summed E-state index contributed by atoms with van der Waals surface area (Å²) < 4.78 is 0. The largest absolute Gasteiger partial charge is 0.345 e. The number of carbonyl (C=O) groups is 1. The molecule has 3 nitrogen and oxygen atoms in total. The van der Waals surface area contributed by atoms with Crippen molar-refractivity contribution in [2.45, 2.75) is 17.9 Å². The lowest BCUT2D eigenvalue weighted by Gasteiger charge is -2.15. The van der Waals surface area contributed by atoms with Gasteiger partial charge in [-0.05, 0) is 49.1 Å². The number of nitrogens with zero attached hydrogens (tertiary/aromatic N) is 1. The quantitative estimate of drug-likeness (QED) is 0.870. The van der Waals surface area contributed by atoms with Crippen LogP contribution in [0.5, 0.6) is 0 Å². The van der Waals surface area contributed by atoms with Crippen LogP contribution in [0.25, 0.3) is 0 Å². The maximum Gasteiger partial charge on any atom is 0.253 e. The topological polar surface area (TPSA) is 42.0 Å². The third-order valence-corrected chi connectivity index (χ3v) is 4.03. The van der Waals surface area contributed by atoms with Gasteiger partial charge in [0.25, 0.3) is 5.91 Å². The lowest BCUT2D eigenvalue weighted by molar-refractivity contribution is 0.0940. The van der Waals surface area contributed by atoms with E-state index in [1.165, 1.54) is 0 Å². The first-order valence-electron chi connectivity index (χ1n) is 6.16.